The molecule has 0 aliphatic heterocycles. The minimum atomic E-state index is -0.287. The van der Waals surface area contributed by atoms with Gasteiger partial charge >= 0.3 is 0 Å². The maximum absolute atomic E-state index is 12.8. The quantitative estimate of drug-likeness (QED) is 0.388. The summed E-state index contributed by atoms with van der Waals surface area (Å²) in [4.78, 5) is 17.5. The summed E-state index contributed by atoms with van der Waals surface area (Å²) < 4.78 is 7.61. The van der Waals surface area contributed by atoms with E-state index in [9.17, 15) is 4.79 Å². The molecule has 158 valence electrons. The summed E-state index contributed by atoms with van der Waals surface area (Å²) in [5.41, 5.74) is 5.20. The van der Waals surface area contributed by atoms with Gasteiger partial charge in [-0.25, -0.2) is 4.98 Å². The number of aryl methyl sites for hydroxylation is 2. The SMILES string of the molecule is Cc1cccc(OCC(=O)Nc2c(-c3ccc(Cl)c(Cl)c3)nc3c(C)cccn23)c1C. The minimum absolute atomic E-state index is 0.121. The summed E-state index contributed by atoms with van der Waals surface area (Å²) in [6.07, 6.45) is 1.86. The number of anilines is 1. The molecule has 2 aromatic carbocycles. The molecule has 4 rings (SSSR count). The van der Waals surface area contributed by atoms with Gasteiger partial charge in [-0.2, -0.15) is 0 Å². The molecule has 0 aliphatic rings. The van der Waals surface area contributed by atoms with Gasteiger partial charge < -0.3 is 10.1 Å². The van der Waals surface area contributed by atoms with Gasteiger partial charge in [0.15, 0.2) is 6.61 Å². The van der Waals surface area contributed by atoms with Crippen LogP contribution in [0.25, 0.3) is 16.9 Å². The number of aromatic nitrogens is 2. The number of hydrogen-bond donors (Lipinski definition) is 1. The molecule has 1 amide bonds. The zero-order valence-corrected chi connectivity index (χ0v) is 18.9. The summed E-state index contributed by atoms with van der Waals surface area (Å²) >= 11 is 12.3. The molecule has 0 atom stereocenters. The van der Waals surface area contributed by atoms with Crippen molar-refractivity contribution >= 4 is 40.6 Å². The molecule has 0 fully saturated rings. The number of benzene rings is 2. The van der Waals surface area contributed by atoms with E-state index in [-0.39, 0.29) is 12.5 Å². The number of pyridine rings is 1. The highest BCUT2D eigenvalue weighted by molar-refractivity contribution is 6.42. The third-order valence-corrected chi connectivity index (χ3v) is 5.95. The van der Waals surface area contributed by atoms with Gasteiger partial charge in [0.25, 0.3) is 5.91 Å². The van der Waals surface area contributed by atoms with Crippen LogP contribution in [0, 0.1) is 20.8 Å². The Kier molecular flexibility index (Phi) is 5.90. The summed E-state index contributed by atoms with van der Waals surface area (Å²) in [6.45, 7) is 5.82. The highest BCUT2D eigenvalue weighted by Crippen LogP contribution is 2.33. The van der Waals surface area contributed by atoms with Gasteiger partial charge in [0.05, 0.1) is 10.0 Å². The molecule has 0 aliphatic carbocycles. The summed E-state index contributed by atoms with van der Waals surface area (Å²) in [5, 5.41) is 3.83. The minimum Gasteiger partial charge on any atom is -0.483 e. The van der Waals surface area contributed by atoms with Crippen molar-refractivity contribution in [1.29, 1.82) is 0 Å². The molecular weight excluding hydrogens is 433 g/mol. The lowest BCUT2D eigenvalue weighted by atomic mass is 10.1. The molecule has 0 saturated heterocycles. The van der Waals surface area contributed by atoms with Crippen molar-refractivity contribution in [1.82, 2.24) is 9.38 Å². The van der Waals surface area contributed by atoms with Crippen LogP contribution in [0.1, 0.15) is 16.7 Å². The largest absolute Gasteiger partial charge is 0.483 e. The van der Waals surface area contributed by atoms with Crippen molar-refractivity contribution in [3.05, 3.63) is 81.5 Å². The number of halogens is 2. The van der Waals surface area contributed by atoms with E-state index in [1.165, 1.54) is 0 Å². The van der Waals surface area contributed by atoms with E-state index in [1.54, 1.807) is 12.1 Å². The second kappa shape index (κ2) is 8.61. The first-order valence-corrected chi connectivity index (χ1v) is 10.5. The Morgan fingerprint density at radius 1 is 1.03 bits per heavy atom. The Morgan fingerprint density at radius 2 is 1.81 bits per heavy atom. The third-order valence-electron chi connectivity index (χ3n) is 5.21. The second-order valence-electron chi connectivity index (χ2n) is 7.36. The molecule has 0 bridgehead atoms. The van der Waals surface area contributed by atoms with Crippen LogP contribution in [0.2, 0.25) is 10.0 Å². The Labute approximate surface area is 190 Å². The van der Waals surface area contributed by atoms with Crippen LogP contribution in [0.4, 0.5) is 5.82 Å². The van der Waals surface area contributed by atoms with Crippen LogP contribution in [0.3, 0.4) is 0 Å². The molecule has 1 N–H and O–H groups in total. The highest BCUT2D eigenvalue weighted by Gasteiger charge is 2.18. The van der Waals surface area contributed by atoms with E-state index in [0.717, 1.165) is 27.9 Å². The van der Waals surface area contributed by atoms with Crippen LogP contribution >= 0.6 is 23.2 Å². The normalized spacial score (nSPS) is 11.0. The Balaban J connectivity index is 1.67. The van der Waals surface area contributed by atoms with Gasteiger partial charge in [-0.1, -0.05) is 47.5 Å². The van der Waals surface area contributed by atoms with Gasteiger partial charge in [-0.15, -0.1) is 0 Å². The van der Waals surface area contributed by atoms with E-state index >= 15 is 0 Å². The van der Waals surface area contributed by atoms with Crippen LogP contribution in [0.15, 0.2) is 54.7 Å². The lowest BCUT2D eigenvalue weighted by molar-refractivity contribution is -0.118. The first-order chi connectivity index (χ1) is 14.8. The first kappa shape index (κ1) is 21.2. The van der Waals surface area contributed by atoms with Crippen LogP contribution in [-0.2, 0) is 4.79 Å². The maximum atomic E-state index is 12.8. The predicted octanol–water partition coefficient (Wildman–Crippen LogP) is 6.25. The van der Waals surface area contributed by atoms with Crippen molar-refractivity contribution in [3.8, 4) is 17.0 Å². The number of nitrogens with one attached hydrogen (secondary N) is 1. The van der Waals surface area contributed by atoms with Crippen LogP contribution in [-0.4, -0.2) is 21.9 Å². The molecule has 5 nitrogen and oxygen atoms in total. The second-order valence-corrected chi connectivity index (χ2v) is 8.17. The van der Waals surface area contributed by atoms with E-state index in [4.69, 9.17) is 32.9 Å². The Morgan fingerprint density at radius 3 is 2.58 bits per heavy atom. The number of carbonyl (C=O) groups excluding carboxylic acids is 1. The van der Waals surface area contributed by atoms with Gasteiger partial charge in [-0.05, 0) is 61.7 Å². The van der Waals surface area contributed by atoms with Gasteiger partial charge in [0.2, 0.25) is 0 Å². The zero-order chi connectivity index (χ0) is 22.1. The van der Waals surface area contributed by atoms with E-state index in [2.05, 4.69) is 5.32 Å². The van der Waals surface area contributed by atoms with Crippen molar-refractivity contribution in [3.63, 3.8) is 0 Å². The average Bonchev–Trinajstić information content (AvgIpc) is 3.11. The number of carbonyl (C=O) groups is 1. The smallest absolute Gasteiger partial charge is 0.263 e. The summed E-state index contributed by atoms with van der Waals surface area (Å²) in [5.74, 6) is 0.950. The third kappa shape index (κ3) is 4.24. The van der Waals surface area contributed by atoms with Crippen molar-refractivity contribution in [2.75, 3.05) is 11.9 Å². The maximum Gasteiger partial charge on any atom is 0.263 e. The van der Waals surface area contributed by atoms with Crippen LogP contribution in [0.5, 0.6) is 5.75 Å². The summed E-state index contributed by atoms with van der Waals surface area (Å²) in [7, 11) is 0. The van der Waals surface area contributed by atoms with Crippen LogP contribution < -0.4 is 10.1 Å². The summed E-state index contributed by atoms with van der Waals surface area (Å²) in [6, 6.07) is 14.9. The lowest BCUT2D eigenvalue weighted by Crippen LogP contribution is -2.21. The number of ether oxygens (including phenoxy) is 1. The fourth-order valence-corrected chi connectivity index (χ4v) is 3.66. The molecule has 31 heavy (non-hydrogen) atoms. The topological polar surface area (TPSA) is 55.6 Å². The number of rotatable bonds is 5. The van der Waals surface area contributed by atoms with E-state index < -0.39 is 0 Å². The number of amides is 1. The fraction of sp³-hybridized carbons (Fsp3) is 0.167. The predicted molar refractivity (Wildman–Crippen MR) is 125 cm³/mol. The molecule has 7 heteroatoms. The lowest BCUT2D eigenvalue weighted by Gasteiger charge is -2.12. The van der Waals surface area contributed by atoms with E-state index in [0.29, 0.717) is 27.3 Å². The molecular formula is C24H21Cl2N3O2. The fourth-order valence-electron chi connectivity index (χ4n) is 3.36. The number of fused-ring (bicyclic) bond motifs is 1. The monoisotopic (exact) mass is 453 g/mol. The first-order valence-electron chi connectivity index (χ1n) is 9.77. The molecule has 4 aromatic rings. The van der Waals surface area contributed by atoms with Crippen molar-refractivity contribution < 1.29 is 9.53 Å². The molecule has 0 radical (unpaired) electrons. The van der Waals surface area contributed by atoms with Gasteiger partial charge in [-0.3, -0.25) is 9.20 Å². The molecule has 2 heterocycles. The number of hydrogen-bond acceptors (Lipinski definition) is 3. The number of nitrogens with zero attached hydrogens (tertiary/aromatic N) is 2. The van der Waals surface area contributed by atoms with Gasteiger partial charge in [0.1, 0.15) is 22.9 Å². The van der Waals surface area contributed by atoms with Gasteiger partial charge in [0, 0.05) is 11.8 Å². The molecule has 0 spiro atoms. The molecule has 2 aromatic heterocycles. The molecule has 0 saturated carbocycles. The van der Waals surface area contributed by atoms with Crippen molar-refractivity contribution in [2.24, 2.45) is 0 Å². The zero-order valence-electron chi connectivity index (χ0n) is 17.4. The van der Waals surface area contributed by atoms with Crippen molar-refractivity contribution in [2.45, 2.75) is 20.8 Å². The van der Waals surface area contributed by atoms with E-state index in [1.807, 2.05) is 67.8 Å². The Bertz CT molecular complexity index is 1300. The number of imidazole rings is 1. The Hall–Kier alpha value is -3.02. The highest BCUT2D eigenvalue weighted by atomic mass is 35.5. The molecule has 0 unspecified atom stereocenters. The standard InChI is InChI=1S/C24H21Cl2N3O2/c1-14-6-4-8-20(16(14)3)31-13-21(30)27-24-22(17-9-10-18(25)19(26)12-17)28-23-15(2)7-5-11-29(23)24/h4-12H,13H2,1-3H3,(H,27,30). The average molecular weight is 454 g/mol.